The van der Waals surface area contributed by atoms with Crippen molar-refractivity contribution >= 4 is 17.5 Å². The Labute approximate surface area is 129 Å². The lowest BCUT2D eigenvalue weighted by atomic mass is 9.98. The third-order valence-corrected chi connectivity index (χ3v) is 4.82. The minimum atomic E-state index is 0.134. The molecule has 2 fully saturated rings. The maximum atomic E-state index is 11.8. The molecule has 2 unspecified atom stereocenters. The van der Waals surface area contributed by atoms with Crippen molar-refractivity contribution in [2.24, 2.45) is 7.05 Å². The molecule has 6 nitrogen and oxygen atoms in total. The number of fused-ring (bicyclic) bond motifs is 1. The van der Waals surface area contributed by atoms with Crippen LogP contribution in [-0.2, 0) is 23.1 Å². The van der Waals surface area contributed by atoms with Gasteiger partial charge in [-0.3, -0.25) is 9.69 Å². The van der Waals surface area contributed by atoms with E-state index in [1.165, 1.54) is 0 Å². The molecular weight excluding hydrogens is 292 g/mol. The van der Waals surface area contributed by atoms with Gasteiger partial charge in [0, 0.05) is 33.6 Å². The van der Waals surface area contributed by atoms with Crippen molar-refractivity contribution in [2.75, 3.05) is 26.2 Å². The van der Waals surface area contributed by atoms with Crippen LogP contribution in [0, 0.1) is 0 Å². The Balaban J connectivity index is 1.69. The van der Waals surface area contributed by atoms with Crippen LogP contribution < -0.4 is 0 Å². The van der Waals surface area contributed by atoms with Crippen LogP contribution in [-0.4, -0.2) is 63.6 Å². The number of hydrogen-bond donors (Lipinski definition) is 0. The molecule has 1 aromatic rings. The zero-order chi connectivity index (χ0) is 15.0. The zero-order valence-electron chi connectivity index (χ0n) is 12.5. The summed E-state index contributed by atoms with van der Waals surface area (Å²) in [6.07, 6.45) is 2.80. The maximum absolute atomic E-state index is 11.8. The lowest BCUT2D eigenvalue weighted by Gasteiger charge is -2.46. The van der Waals surface area contributed by atoms with Crippen molar-refractivity contribution < 1.29 is 9.53 Å². The number of amides is 1. The van der Waals surface area contributed by atoms with Crippen LogP contribution in [0.2, 0.25) is 5.15 Å². The van der Waals surface area contributed by atoms with Crippen LogP contribution in [0.25, 0.3) is 0 Å². The second-order valence-electron chi connectivity index (χ2n) is 5.77. The number of hydrogen-bond acceptors (Lipinski definition) is 4. The predicted molar refractivity (Wildman–Crippen MR) is 79.0 cm³/mol. The average molecular weight is 313 g/mol. The predicted octanol–water partition coefficient (Wildman–Crippen LogP) is 0.895. The van der Waals surface area contributed by atoms with Crippen molar-refractivity contribution in [3.05, 3.63) is 17.2 Å². The van der Waals surface area contributed by atoms with E-state index in [4.69, 9.17) is 16.3 Å². The van der Waals surface area contributed by atoms with Gasteiger partial charge in [0.2, 0.25) is 5.91 Å². The van der Waals surface area contributed by atoms with Crippen molar-refractivity contribution in [1.29, 1.82) is 0 Å². The molecule has 2 aliphatic heterocycles. The fraction of sp³-hybridized carbons (Fsp3) is 0.714. The van der Waals surface area contributed by atoms with E-state index in [1.807, 2.05) is 16.5 Å². The summed E-state index contributed by atoms with van der Waals surface area (Å²) in [5, 5.41) is 0.645. The van der Waals surface area contributed by atoms with Crippen molar-refractivity contribution in [1.82, 2.24) is 19.4 Å². The number of morpholine rings is 1. The fourth-order valence-electron chi connectivity index (χ4n) is 3.24. The van der Waals surface area contributed by atoms with Gasteiger partial charge in [0.1, 0.15) is 11.0 Å². The summed E-state index contributed by atoms with van der Waals surface area (Å²) in [6.45, 7) is 5.51. The molecule has 1 aromatic heterocycles. The van der Waals surface area contributed by atoms with Gasteiger partial charge >= 0.3 is 0 Å². The van der Waals surface area contributed by atoms with Gasteiger partial charge < -0.3 is 14.2 Å². The van der Waals surface area contributed by atoms with Gasteiger partial charge in [-0.2, -0.15) is 0 Å². The third-order valence-electron chi connectivity index (χ3n) is 4.47. The first-order valence-corrected chi connectivity index (χ1v) is 7.71. The molecule has 2 saturated heterocycles. The summed E-state index contributed by atoms with van der Waals surface area (Å²) in [4.78, 5) is 20.4. The largest absolute Gasteiger partial charge is 0.374 e. The highest BCUT2D eigenvalue weighted by molar-refractivity contribution is 6.29. The number of carbonyl (C=O) groups excluding carboxylic acids is 1. The van der Waals surface area contributed by atoms with Gasteiger partial charge in [-0.25, -0.2) is 4.98 Å². The van der Waals surface area contributed by atoms with E-state index in [-0.39, 0.29) is 18.1 Å². The van der Waals surface area contributed by atoms with Crippen LogP contribution in [0.3, 0.4) is 0 Å². The Bertz CT molecular complexity index is 533. The molecule has 116 valence electrons. The first-order chi connectivity index (χ1) is 10.1. The minimum absolute atomic E-state index is 0.134. The van der Waals surface area contributed by atoms with E-state index in [2.05, 4.69) is 9.88 Å². The molecule has 7 heteroatoms. The topological polar surface area (TPSA) is 50.6 Å². The Morgan fingerprint density at radius 1 is 1.52 bits per heavy atom. The first kappa shape index (κ1) is 14.8. The standard InChI is InChI=1S/C14H21ClN4O2/c1-10(20)19-5-6-21-12-3-4-18(8-11(12)19)9-14-16-7-13(15)17(14)2/h7,11-12H,3-6,8-9H2,1-2H3. The summed E-state index contributed by atoms with van der Waals surface area (Å²) < 4.78 is 7.72. The van der Waals surface area contributed by atoms with E-state index in [0.717, 1.165) is 31.9 Å². The number of nitrogens with zero attached hydrogens (tertiary/aromatic N) is 4. The summed E-state index contributed by atoms with van der Waals surface area (Å²) in [5.74, 6) is 1.08. The molecule has 0 bridgehead atoms. The summed E-state index contributed by atoms with van der Waals surface area (Å²) >= 11 is 6.03. The lowest BCUT2D eigenvalue weighted by Crippen LogP contribution is -2.60. The molecule has 0 saturated carbocycles. The summed E-state index contributed by atoms with van der Waals surface area (Å²) in [6, 6.07) is 0.153. The van der Waals surface area contributed by atoms with E-state index >= 15 is 0 Å². The van der Waals surface area contributed by atoms with Crippen molar-refractivity contribution in [3.8, 4) is 0 Å². The Kier molecular flexibility index (Phi) is 4.19. The van der Waals surface area contributed by atoms with Gasteiger partial charge in [-0.1, -0.05) is 11.6 Å². The molecule has 3 rings (SSSR count). The van der Waals surface area contributed by atoms with Crippen LogP contribution in [0.4, 0.5) is 0 Å². The number of rotatable bonds is 2. The van der Waals surface area contributed by atoms with Gasteiger partial charge in [-0.05, 0) is 6.42 Å². The van der Waals surface area contributed by atoms with Gasteiger partial charge in [0.05, 0.1) is 31.5 Å². The second-order valence-corrected chi connectivity index (χ2v) is 6.16. The number of piperidine rings is 1. The average Bonchev–Trinajstić information content (AvgIpc) is 2.78. The van der Waals surface area contributed by atoms with Crippen LogP contribution >= 0.6 is 11.6 Å². The number of ether oxygens (including phenoxy) is 1. The van der Waals surface area contributed by atoms with Crippen LogP contribution in [0.15, 0.2) is 6.20 Å². The Morgan fingerprint density at radius 2 is 2.33 bits per heavy atom. The zero-order valence-corrected chi connectivity index (χ0v) is 13.2. The minimum Gasteiger partial charge on any atom is -0.374 e. The summed E-state index contributed by atoms with van der Waals surface area (Å²) in [5.41, 5.74) is 0. The summed E-state index contributed by atoms with van der Waals surface area (Å²) in [7, 11) is 1.92. The molecule has 3 heterocycles. The monoisotopic (exact) mass is 312 g/mol. The Hall–Kier alpha value is -1.11. The van der Waals surface area contributed by atoms with Gasteiger partial charge in [0.25, 0.3) is 0 Å². The smallest absolute Gasteiger partial charge is 0.219 e. The lowest BCUT2D eigenvalue weighted by molar-refractivity contribution is -0.150. The number of aromatic nitrogens is 2. The number of likely N-dealkylation sites (tertiary alicyclic amines) is 1. The molecule has 2 atom stereocenters. The second kappa shape index (κ2) is 5.94. The highest BCUT2D eigenvalue weighted by Gasteiger charge is 2.38. The Morgan fingerprint density at radius 3 is 3.00 bits per heavy atom. The van der Waals surface area contributed by atoms with Gasteiger partial charge in [-0.15, -0.1) is 0 Å². The third kappa shape index (κ3) is 2.93. The molecule has 0 aliphatic carbocycles. The molecular formula is C14H21ClN4O2. The normalized spacial score (nSPS) is 26.7. The van der Waals surface area contributed by atoms with E-state index < -0.39 is 0 Å². The van der Waals surface area contributed by atoms with Crippen LogP contribution in [0.5, 0.6) is 0 Å². The number of halogens is 1. The SMILES string of the molecule is CC(=O)N1CCOC2CCN(Cc3ncc(Cl)n3C)CC21. The molecule has 0 spiro atoms. The maximum Gasteiger partial charge on any atom is 0.219 e. The van der Waals surface area contributed by atoms with Gasteiger partial charge in [0.15, 0.2) is 0 Å². The molecule has 0 N–H and O–H groups in total. The van der Waals surface area contributed by atoms with E-state index in [1.54, 1.807) is 13.1 Å². The molecule has 0 radical (unpaired) electrons. The highest BCUT2D eigenvalue weighted by Crippen LogP contribution is 2.24. The quantitative estimate of drug-likeness (QED) is 0.814. The number of imidazole rings is 1. The highest BCUT2D eigenvalue weighted by atomic mass is 35.5. The molecule has 21 heavy (non-hydrogen) atoms. The molecule has 2 aliphatic rings. The fourth-order valence-corrected chi connectivity index (χ4v) is 3.39. The first-order valence-electron chi connectivity index (χ1n) is 7.33. The van der Waals surface area contributed by atoms with E-state index in [0.29, 0.717) is 18.3 Å². The van der Waals surface area contributed by atoms with Crippen LogP contribution in [0.1, 0.15) is 19.2 Å². The van der Waals surface area contributed by atoms with Crippen molar-refractivity contribution in [2.45, 2.75) is 32.0 Å². The van der Waals surface area contributed by atoms with E-state index in [9.17, 15) is 4.79 Å². The number of carbonyl (C=O) groups is 1. The molecule has 1 amide bonds. The van der Waals surface area contributed by atoms with Crippen molar-refractivity contribution in [3.63, 3.8) is 0 Å². The molecule has 0 aromatic carbocycles.